The van der Waals surface area contributed by atoms with Crippen molar-refractivity contribution < 1.29 is 9.47 Å². The number of rotatable bonds is 4. The zero-order chi connectivity index (χ0) is 14.7. The maximum Gasteiger partial charge on any atom is 0.0851 e. The van der Waals surface area contributed by atoms with Crippen molar-refractivity contribution in [2.75, 3.05) is 6.61 Å². The van der Waals surface area contributed by atoms with E-state index < -0.39 is 0 Å². The molecule has 3 rings (SSSR count). The summed E-state index contributed by atoms with van der Waals surface area (Å²) >= 11 is 6.23. The molecule has 2 nitrogen and oxygen atoms in total. The molecule has 1 aliphatic rings. The summed E-state index contributed by atoms with van der Waals surface area (Å²) in [5.74, 6) is 0. The molecule has 3 heteroatoms. The number of ether oxygens (including phenoxy) is 2. The molecule has 1 saturated heterocycles. The van der Waals surface area contributed by atoms with Gasteiger partial charge < -0.3 is 9.47 Å². The van der Waals surface area contributed by atoms with Gasteiger partial charge in [0.15, 0.2) is 0 Å². The zero-order valence-corrected chi connectivity index (χ0v) is 12.8. The van der Waals surface area contributed by atoms with E-state index in [1.807, 2.05) is 30.3 Å². The van der Waals surface area contributed by atoms with E-state index in [0.29, 0.717) is 13.2 Å². The Labute approximate surface area is 130 Å². The van der Waals surface area contributed by atoms with Crippen LogP contribution in [-0.2, 0) is 16.1 Å². The van der Waals surface area contributed by atoms with Crippen LogP contribution in [0.1, 0.15) is 29.2 Å². The quantitative estimate of drug-likeness (QED) is 0.815. The van der Waals surface area contributed by atoms with Crippen LogP contribution in [0.3, 0.4) is 0 Å². The van der Waals surface area contributed by atoms with E-state index in [9.17, 15) is 0 Å². The Hall–Kier alpha value is -1.35. The lowest BCUT2D eigenvalue weighted by atomic mass is 10.1. The molecule has 0 amide bonds. The summed E-state index contributed by atoms with van der Waals surface area (Å²) in [7, 11) is 0. The van der Waals surface area contributed by atoms with Gasteiger partial charge in [-0.2, -0.15) is 0 Å². The van der Waals surface area contributed by atoms with Crippen molar-refractivity contribution in [3.8, 4) is 0 Å². The third-order valence-corrected chi connectivity index (χ3v) is 4.30. The van der Waals surface area contributed by atoms with Gasteiger partial charge in [0.25, 0.3) is 0 Å². The Morgan fingerprint density at radius 2 is 1.95 bits per heavy atom. The molecule has 1 aliphatic heterocycles. The highest BCUT2D eigenvalue weighted by Crippen LogP contribution is 2.31. The van der Waals surface area contributed by atoms with Crippen molar-refractivity contribution in [3.05, 3.63) is 70.2 Å². The molecule has 21 heavy (non-hydrogen) atoms. The van der Waals surface area contributed by atoms with Crippen LogP contribution in [0.15, 0.2) is 48.5 Å². The minimum atomic E-state index is 0.130. The lowest BCUT2D eigenvalue weighted by Gasteiger charge is -2.13. The highest BCUT2D eigenvalue weighted by molar-refractivity contribution is 6.31. The summed E-state index contributed by atoms with van der Waals surface area (Å²) in [6, 6.07) is 16.2. The number of halogens is 1. The van der Waals surface area contributed by atoms with Crippen LogP contribution >= 0.6 is 11.6 Å². The topological polar surface area (TPSA) is 18.5 Å². The minimum Gasteiger partial charge on any atom is -0.371 e. The summed E-state index contributed by atoms with van der Waals surface area (Å²) < 4.78 is 11.8. The van der Waals surface area contributed by atoms with Crippen molar-refractivity contribution in [1.29, 1.82) is 0 Å². The summed E-state index contributed by atoms with van der Waals surface area (Å²) in [6.45, 7) is 3.24. The van der Waals surface area contributed by atoms with E-state index in [4.69, 9.17) is 21.1 Å². The first-order valence-corrected chi connectivity index (χ1v) is 7.64. The Kier molecular flexibility index (Phi) is 4.59. The molecule has 2 atom stereocenters. The van der Waals surface area contributed by atoms with Crippen LogP contribution in [0.2, 0.25) is 5.02 Å². The van der Waals surface area contributed by atoms with Gasteiger partial charge in [0.1, 0.15) is 0 Å². The largest absolute Gasteiger partial charge is 0.371 e. The third kappa shape index (κ3) is 3.46. The van der Waals surface area contributed by atoms with E-state index >= 15 is 0 Å². The fourth-order valence-electron chi connectivity index (χ4n) is 2.66. The van der Waals surface area contributed by atoms with Crippen LogP contribution < -0.4 is 0 Å². The summed E-state index contributed by atoms with van der Waals surface area (Å²) in [6.07, 6.45) is 1.17. The predicted octanol–water partition coefficient (Wildman–Crippen LogP) is 4.70. The Balaban J connectivity index is 1.58. The van der Waals surface area contributed by atoms with Crippen LogP contribution in [0.5, 0.6) is 0 Å². The Bertz CT molecular complexity index is 577. The van der Waals surface area contributed by atoms with Gasteiger partial charge in [0.2, 0.25) is 0 Å². The molecule has 0 aliphatic carbocycles. The molecule has 1 heterocycles. The van der Waals surface area contributed by atoms with Gasteiger partial charge in [-0.3, -0.25) is 0 Å². The lowest BCUT2D eigenvalue weighted by molar-refractivity contribution is 0.0273. The second-order valence-corrected chi connectivity index (χ2v) is 5.84. The number of benzene rings is 2. The van der Waals surface area contributed by atoms with Gasteiger partial charge in [-0.05, 0) is 29.7 Å². The highest BCUT2D eigenvalue weighted by atomic mass is 35.5. The molecular weight excluding hydrogens is 284 g/mol. The van der Waals surface area contributed by atoms with Gasteiger partial charge in [-0.1, -0.05) is 54.1 Å². The van der Waals surface area contributed by atoms with Crippen molar-refractivity contribution in [2.24, 2.45) is 0 Å². The van der Waals surface area contributed by atoms with Crippen LogP contribution in [0, 0.1) is 6.92 Å². The molecule has 0 N–H and O–H groups in total. The second-order valence-electron chi connectivity index (χ2n) is 5.44. The van der Waals surface area contributed by atoms with Crippen LogP contribution in [0.4, 0.5) is 0 Å². The number of hydrogen-bond donors (Lipinski definition) is 0. The van der Waals surface area contributed by atoms with E-state index in [1.54, 1.807) is 0 Å². The Morgan fingerprint density at radius 1 is 1.14 bits per heavy atom. The Morgan fingerprint density at radius 3 is 2.71 bits per heavy atom. The molecule has 0 saturated carbocycles. The zero-order valence-electron chi connectivity index (χ0n) is 12.1. The lowest BCUT2D eigenvalue weighted by Crippen LogP contribution is -2.12. The fraction of sp³-hybridized carbons (Fsp3) is 0.333. The number of aryl methyl sites for hydroxylation is 1. The van der Waals surface area contributed by atoms with E-state index in [-0.39, 0.29) is 12.2 Å². The van der Waals surface area contributed by atoms with Crippen molar-refractivity contribution in [3.63, 3.8) is 0 Å². The highest BCUT2D eigenvalue weighted by Gasteiger charge is 2.27. The third-order valence-electron chi connectivity index (χ3n) is 3.95. The van der Waals surface area contributed by atoms with Crippen LogP contribution in [0.25, 0.3) is 0 Å². The standard InChI is InChI=1S/C18H19ClO2/c1-13-6-5-9-17(19)16(13)12-20-15-10-18(21-11-15)14-7-3-2-4-8-14/h2-9,15,18H,10-12H2,1H3. The van der Waals surface area contributed by atoms with Gasteiger partial charge >= 0.3 is 0 Å². The fourth-order valence-corrected chi connectivity index (χ4v) is 2.94. The van der Waals surface area contributed by atoms with Crippen LogP contribution in [-0.4, -0.2) is 12.7 Å². The van der Waals surface area contributed by atoms with Gasteiger partial charge in [0.05, 0.1) is 25.4 Å². The normalized spacial score (nSPS) is 21.6. The molecular formula is C18H19ClO2. The second kappa shape index (κ2) is 6.61. The average Bonchev–Trinajstić information content (AvgIpc) is 2.97. The molecule has 0 radical (unpaired) electrons. The van der Waals surface area contributed by atoms with E-state index in [0.717, 1.165) is 17.0 Å². The molecule has 0 bridgehead atoms. The van der Waals surface area contributed by atoms with E-state index in [1.165, 1.54) is 11.1 Å². The molecule has 2 aromatic carbocycles. The molecule has 0 aromatic heterocycles. The van der Waals surface area contributed by atoms with Gasteiger partial charge in [-0.25, -0.2) is 0 Å². The molecule has 2 unspecified atom stereocenters. The molecule has 1 fully saturated rings. The van der Waals surface area contributed by atoms with Crippen molar-refractivity contribution in [2.45, 2.75) is 32.2 Å². The SMILES string of the molecule is Cc1cccc(Cl)c1COC1COC(c2ccccc2)C1. The summed E-state index contributed by atoms with van der Waals surface area (Å²) in [4.78, 5) is 0. The summed E-state index contributed by atoms with van der Waals surface area (Å²) in [5.41, 5.74) is 3.46. The van der Waals surface area contributed by atoms with Gasteiger partial charge in [0, 0.05) is 11.4 Å². The van der Waals surface area contributed by atoms with Gasteiger partial charge in [-0.15, -0.1) is 0 Å². The van der Waals surface area contributed by atoms with Crippen molar-refractivity contribution in [1.82, 2.24) is 0 Å². The first-order valence-electron chi connectivity index (χ1n) is 7.26. The number of hydrogen-bond acceptors (Lipinski definition) is 2. The molecule has 0 spiro atoms. The minimum absolute atomic E-state index is 0.130. The molecule has 2 aromatic rings. The van der Waals surface area contributed by atoms with Crippen molar-refractivity contribution >= 4 is 11.6 Å². The first-order chi connectivity index (χ1) is 10.2. The average molecular weight is 303 g/mol. The smallest absolute Gasteiger partial charge is 0.0851 e. The first kappa shape index (κ1) is 14.6. The molecule has 110 valence electrons. The maximum atomic E-state index is 6.23. The van der Waals surface area contributed by atoms with E-state index in [2.05, 4.69) is 25.1 Å². The maximum absolute atomic E-state index is 6.23. The monoisotopic (exact) mass is 302 g/mol. The summed E-state index contributed by atoms with van der Waals surface area (Å²) in [5, 5.41) is 0.772. The predicted molar refractivity (Wildman–Crippen MR) is 84.5 cm³/mol.